The second-order valence-corrected chi connectivity index (χ2v) is 13.3. The van der Waals surface area contributed by atoms with E-state index in [4.69, 9.17) is 28.2 Å². The summed E-state index contributed by atoms with van der Waals surface area (Å²) in [4.78, 5) is 12.4. The van der Waals surface area contributed by atoms with Crippen LogP contribution in [0.4, 0.5) is 16.0 Å². The topological polar surface area (TPSA) is 124 Å². The van der Waals surface area contributed by atoms with Crippen molar-refractivity contribution in [2.75, 3.05) is 30.0 Å². The van der Waals surface area contributed by atoms with Crippen LogP contribution in [0.2, 0.25) is 5.02 Å². The minimum atomic E-state index is -3.01. The lowest BCUT2D eigenvalue weighted by Crippen LogP contribution is -2.44. The van der Waals surface area contributed by atoms with Gasteiger partial charge in [0.1, 0.15) is 16.7 Å². The lowest BCUT2D eigenvalue weighted by atomic mass is 9.73. The monoisotopic (exact) mass is 534 g/mol. The van der Waals surface area contributed by atoms with Gasteiger partial charge in [0.2, 0.25) is 0 Å². The van der Waals surface area contributed by atoms with E-state index in [-0.39, 0.29) is 17.3 Å². The van der Waals surface area contributed by atoms with Gasteiger partial charge in [-0.3, -0.25) is 9.35 Å². The molecule has 1 spiro atoms. The molecule has 2 aromatic carbocycles. The molecule has 5 rings (SSSR count). The molecule has 0 saturated carbocycles. The third kappa shape index (κ3) is 4.53. The van der Waals surface area contributed by atoms with Gasteiger partial charge < -0.3 is 16.4 Å². The number of piperidine rings is 1. The molecule has 1 aliphatic heterocycles. The normalized spacial score (nSPS) is 19.7. The number of rotatable bonds is 4. The van der Waals surface area contributed by atoms with Crippen molar-refractivity contribution in [3.8, 4) is 0 Å². The average Bonchev–Trinajstić information content (AvgIpc) is 3.07. The minimum absolute atomic E-state index is 0.0646. The Balaban J connectivity index is 1.30. The first kappa shape index (κ1) is 24.5. The molecule has 1 atom stereocenters. The van der Waals surface area contributed by atoms with Crippen LogP contribution in [0.1, 0.15) is 30.0 Å². The Morgan fingerprint density at radius 1 is 1.26 bits per heavy atom. The lowest BCUT2D eigenvalue weighted by Gasteiger charge is -2.42. The molecule has 0 radical (unpaired) electrons. The summed E-state index contributed by atoms with van der Waals surface area (Å²) >= 11 is 7.72. The van der Waals surface area contributed by atoms with E-state index < -0.39 is 10.1 Å². The maximum absolute atomic E-state index is 13.8. The molecule has 0 unspecified atom stereocenters. The summed E-state index contributed by atoms with van der Waals surface area (Å²) < 4.78 is 26.1. The van der Waals surface area contributed by atoms with E-state index >= 15 is 0 Å². The molecule has 1 aromatic heterocycles. The number of hydrogen-bond donors (Lipinski definition) is 4. The van der Waals surface area contributed by atoms with E-state index in [2.05, 4.69) is 14.9 Å². The highest BCUT2D eigenvalue weighted by molar-refractivity contribution is 8.01. The first-order chi connectivity index (χ1) is 16.6. The lowest BCUT2D eigenvalue weighted by molar-refractivity contribution is 0.187. The molecule has 6 N–H and O–H groups in total. The van der Waals surface area contributed by atoms with Crippen LogP contribution in [0, 0.1) is 11.2 Å². The Hall–Kier alpha value is -2.24. The second-order valence-electron chi connectivity index (χ2n) is 9.45. The number of halogens is 2. The third-order valence-electron chi connectivity index (χ3n) is 7.11. The van der Waals surface area contributed by atoms with Crippen LogP contribution in [0.25, 0.3) is 0 Å². The molecule has 1 aliphatic carbocycles. The van der Waals surface area contributed by atoms with Crippen molar-refractivity contribution in [2.45, 2.75) is 40.1 Å². The van der Waals surface area contributed by atoms with Gasteiger partial charge in [-0.2, -0.15) is 0 Å². The van der Waals surface area contributed by atoms with Gasteiger partial charge in [0.05, 0.1) is 11.2 Å². The van der Waals surface area contributed by atoms with Crippen LogP contribution in [0.15, 0.2) is 57.4 Å². The first-order valence-electron chi connectivity index (χ1n) is 11.3. The van der Waals surface area contributed by atoms with Gasteiger partial charge in [-0.25, -0.2) is 14.4 Å². The van der Waals surface area contributed by atoms with Gasteiger partial charge in [-0.15, -0.1) is 0 Å². The Bertz CT molecular complexity index is 1340. The first-order valence-corrected chi connectivity index (χ1v) is 14.7. The van der Waals surface area contributed by atoms with E-state index in [0.717, 1.165) is 43.5 Å². The van der Waals surface area contributed by atoms with Crippen molar-refractivity contribution in [1.82, 2.24) is 9.97 Å². The fourth-order valence-electron chi connectivity index (χ4n) is 5.14. The number of hydrogen-bond acceptors (Lipinski definition) is 7. The van der Waals surface area contributed by atoms with Gasteiger partial charge >= 0.3 is 0 Å². The number of nitrogens with zero attached hydrogens (tertiary/aromatic N) is 3. The van der Waals surface area contributed by atoms with E-state index in [1.165, 1.54) is 24.1 Å². The van der Waals surface area contributed by atoms with Crippen LogP contribution in [0.3, 0.4) is 0 Å². The van der Waals surface area contributed by atoms with E-state index in [0.29, 0.717) is 31.5 Å². The number of thiol groups is 1. The molecule has 7 nitrogen and oxygen atoms in total. The summed E-state index contributed by atoms with van der Waals surface area (Å²) in [6.07, 6.45) is 5.81. The summed E-state index contributed by atoms with van der Waals surface area (Å²) in [7, 11) is -3.01. The molecule has 0 bridgehead atoms. The number of fused-ring (bicyclic) bond motifs is 1. The molecule has 2 aliphatic rings. The van der Waals surface area contributed by atoms with Crippen LogP contribution in [-0.4, -0.2) is 33.5 Å². The summed E-state index contributed by atoms with van der Waals surface area (Å²) in [6.45, 7) is 1.53. The maximum atomic E-state index is 13.8. The van der Waals surface area contributed by atoms with E-state index in [1.807, 2.05) is 6.07 Å². The number of anilines is 2. The zero-order valence-corrected chi connectivity index (χ0v) is 21.7. The SMILES string of the molecule is C[SH](N)(=O)c1cccc(Sc2ncc(N3CCC4(CC3)Cc3ccc(F)cc3[C@H]4N)nc2N)c1Cl. The Labute approximate surface area is 214 Å². The summed E-state index contributed by atoms with van der Waals surface area (Å²) in [5, 5.41) is 6.67. The fourth-order valence-corrected chi connectivity index (χ4v) is 7.67. The van der Waals surface area contributed by atoms with Gasteiger partial charge in [0, 0.05) is 35.2 Å². The van der Waals surface area contributed by atoms with Crippen molar-refractivity contribution >= 4 is 45.1 Å². The molecule has 186 valence electrons. The van der Waals surface area contributed by atoms with Crippen molar-refractivity contribution in [2.24, 2.45) is 16.3 Å². The molecule has 11 heteroatoms. The van der Waals surface area contributed by atoms with E-state index in [9.17, 15) is 8.60 Å². The fraction of sp³-hybridized carbons (Fsp3) is 0.333. The molecular formula is C24H28ClFN6OS2. The molecular weight excluding hydrogens is 507 g/mol. The molecule has 3 aromatic rings. The molecule has 35 heavy (non-hydrogen) atoms. The summed E-state index contributed by atoms with van der Waals surface area (Å²) in [6, 6.07) is 10.0. The maximum Gasteiger partial charge on any atom is 0.158 e. The third-order valence-corrected chi connectivity index (χ3v) is 10.2. The minimum Gasteiger partial charge on any atom is -0.381 e. The number of nitrogen functional groups attached to an aromatic ring is 1. The molecule has 1 saturated heterocycles. The quantitative estimate of drug-likeness (QED) is 0.376. The molecule has 0 amide bonds. The largest absolute Gasteiger partial charge is 0.381 e. The van der Waals surface area contributed by atoms with Gasteiger partial charge in [-0.1, -0.05) is 35.5 Å². The van der Waals surface area contributed by atoms with Crippen LogP contribution in [-0.2, 0) is 16.5 Å². The highest BCUT2D eigenvalue weighted by atomic mass is 35.5. The number of benzene rings is 2. The van der Waals surface area contributed by atoms with Gasteiger partial charge in [-0.05, 0) is 70.2 Å². The Morgan fingerprint density at radius 3 is 2.69 bits per heavy atom. The highest BCUT2D eigenvalue weighted by Crippen LogP contribution is 2.51. The standard InChI is InChI=1S/C24H28ClFN6OS2/c1-35(29,33)18-4-2-3-17(20(18)25)34-23-22(28)31-19(13-30-23)32-9-7-24(8-10-32)12-14-5-6-15(26)11-16(14)21(24)27/h2-6,11,13,21,35H,7-10,12,27H2,1H3,(H2,28,31)(H2,29,33)/t21-/m1/s1. The summed E-state index contributed by atoms with van der Waals surface area (Å²) in [5.41, 5.74) is 14.9. The van der Waals surface area contributed by atoms with Crippen LogP contribution < -0.4 is 21.5 Å². The van der Waals surface area contributed by atoms with Gasteiger partial charge in [0.15, 0.2) is 5.82 Å². The predicted octanol–water partition coefficient (Wildman–Crippen LogP) is 3.72. The second kappa shape index (κ2) is 9.01. The van der Waals surface area contributed by atoms with Crippen molar-refractivity contribution in [1.29, 1.82) is 0 Å². The van der Waals surface area contributed by atoms with Crippen LogP contribution in [0.5, 0.6) is 0 Å². The Morgan fingerprint density at radius 2 is 2.00 bits per heavy atom. The molecule has 1 fully saturated rings. The average molecular weight is 535 g/mol. The number of nitrogens with two attached hydrogens (primary N) is 3. The molecule has 2 heterocycles. The summed E-state index contributed by atoms with van der Waals surface area (Å²) in [5.74, 6) is 0.760. The van der Waals surface area contributed by atoms with Crippen molar-refractivity contribution in [3.63, 3.8) is 0 Å². The Kier molecular flexibility index (Phi) is 6.29. The zero-order chi connectivity index (χ0) is 25.0. The van der Waals surface area contributed by atoms with Crippen LogP contribution >= 0.6 is 23.4 Å². The van der Waals surface area contributed by atoms with Gasteiger partial charge in [0.25, 0.3) is 0 Å². The highest BCUT2D eigenvalue weighted by Gasteiger charge is 2.46. The predicted molar refractivity (Wildman–Crippen MR) is 141 cm³/mol. The van der Waals surface area contributed by atoms with Crippen molar-refractivity contribution in [3.05, 3.63) is 64.6 Å². The van der Waals surface area contributed by atoms with E-state index in [1.54, 1.807) is 30.5 Å². The van der Waals surface area contributed by atoms with Crippen molar-refractivity contribution < 1.29 is 8.60 Å². The number of aromatic nitrogens is 2. The zero-order valence-electron chi connectivity index (χ0n) is 19.2. The smallest absolute Gasteiger partial charge is 0.158 e.